The molecule has 0 unspecified atom stereocenters. The van der Waals surface area contributed by atoms with E-state index in [4.69, 9.17) is 9.47 Å². The van der Waals surface area contributed by atoms with Gasteiger partial charge in [0.05, 0.1) is 25.4 Å². The Kier molecular flexibility index (Phi) is 5.24. The van der Waals surface area contributed by atoms with Gasteiger partial charge in [-0.3, -0.25) is 14.8 Å². The molecule has 23 heavy (non-hydrogen) atoms. The van der Waals surface area contributed by atoms with Gasteiger partial charge in [-0.15, -0.1) is 0 Å². The van der Waals surface area contributed by atoms with Crippen LogP contribution in [0.5, 0.6) is 0 Å². The molecular formula is C15H25N5O3. The summed E-state index contributed by atoms with van der Waals surface area (Å²) in [6.07, 6.45) is 1.54. The highest BCUT2D eigenvalue weighted by atomic mass is 16.5. The lowest BCUT2D eigenvalue weighted by Gasteiger charge is -2.28. The van der Waals surface area contributed by atoms with Crippen LogP contribution in [0.1, 0.15) is 30.5 Å². The normalized spacial score (nSPS) is 25.9. The fourth-order valence-electron chi connectivity index (χ4n) is 3.27. The second-order valence-electron chi connectivity index (χ2n) is 6.13. The summed E-state index contributed by atoms with van der Waals surface area (Å²) < 4.78 is 10.8. The fraction of sp³-hybridized carbons (Fsp3) is 0.800. The highest BCUT2D eigenvalue weighted by Crippen LogP contribution is 2.31. The van der Waals surface area contributed by atoms with Crippen LogP contribution in [0.2, 0.25) is 0 Å². The largest absolute Gasteiger partial charge is 0.380 e. The minimum atomic E-state index is 0.113. The number of carbonyl (C=O) groups excluding carboxylic acids is 1. The second kappa shape index (κ2) is 7.37. The maximum atomic E-state index is 12.3. The molecule has 1 N–H and O–H groups in total. The van der Waals surface area contributed by atoms with E-state index in [0.29, 0.717) is 39.3 Å². The topological polar surface area (TPSA) is 83.6 Å². The Labute approximate surface area is 136 Å². The van der Waals surface area contributed by atoms with E-state index in [1.54, 1.807) is 7.11 Å². The van der Waals surface area contributed by atoms with Crippen LogP contribution < -0.4 is 0 Å². The van der Waals surface area contributed by atoms with Crippen molar-refractivity contribution in [3.8, 4) is 0 Å². The van der Waals surface area contributed by atoms with E-state index in [1.807, 2.05) is 11.8 Å². The van der Waals surface area contributed by atoms with Crippen LogP contribution in [0, 0.1) is 6.92 Å². The first-order valence-corrected chi connectivity index (χ1v) is 8.18. The quantitative estimate of drug-likeness (QED) is 0.829. The van der Waals surface area contributed by atoms with Gasteiger partial charge < -0.3 is 14.4 Å². The van der Waals surface area contributed by atoms with Gasteiger partial charge in [-0.05, 0) is 13.3 Å². The van der Waals surface area contributed by atoms with Gasteiger partial charge in [0.25, 0.3) is 0 Å². The van der Waals surface area contributed by atoms with Crippen molar-refractivity contribution in [1.82, 2.24) is 25.0 Å². The average molecular weight is 323 g/mol. The van der Waals surface area contributed by atoms with Crippen molar-refractivity contribution in [2.45, 2.75) is 31.9 Å². The predicted molar refractivity (Wildman–Crippen MR) is 82.9 cm³/mol. The molecular weight excluding hydrogens is 298 g/mol. The van der Waals surface area contributed by atoms with Crippen molar-refractivity contribution in [3.63, 3.8) is 0 Å². The molecule has 0 saturated carbocycles. The smallest absolute Gasteiger partial charge is 0.224 e. The number of carbonyl (C=O) groups is 1. The molecule has 2 aliphatic rings. The highest BCUT2D eigenvalue weighted by Gasteiger charge is 2.35. The van der Waals surface area contributed by atoms with Crippen LogP contribution in [-0.2, 0) is 14.3 Å². The molecule has 1 aromatic rings. The molecule has 8 heteroatoms. The van der Waals surface area contributed by atoms with Gasteiger partial charge in [0, 0.05) is 39.7 Å². The Morgan fingerprint density at radius 2 is 2.22 bits per heavy atom. The van der Waals surface area contributed by atoms with E-state index in [1.165, 1.54) is 0 Å². The van der Waals surface area contributed by atoms with Gasteiger partial charge in [0.1, 0.15) is 5.82 Å². The lowest BCUT2D eigenvalue weighted by atomic mass is 10.2. The van der Waals surface area contributed by atoms with Gasteiger partial charge in [-0.25, -0.2) is 4.98 Å². The molecule has 1 aromatic heterocycles. The van der Waals surface area contributed by atoms with E-state index < -0.39 is 0 Å². The maximum Gasteiger partial charge on any atom is 0.224 e. The number of morpholine rings is 1. The number of nitrogens with zero attached hydrogens (tertiary/aromatic N) is 4. The summed E-state index contributed by atoms with van der Waals surface area (Å²) in [4.78, 5) is 20.9. The summed E-state index contributed by atoms with van der Waals surface area (Å²) in [6, 6.07) is 0.113. The van der Waals surface area contributed by atoms with Crippen LogP contribution in [-0.4, -0.2) is 83.5 Å². The third kappa shape index (κ3) is 3.88. The molecule has 2 saturated heterocycles. The highest BCUT2D eigenvalue weighted by molar-refractivity contribution is 5.76. The lowest BCUT2D eigenvalue weighted by Crippen LogP contribution is -2.42. The Morgan fingerprint density at radius 1 is 1.43 bits per heavy atom. The van der Waals surface area contributed by atoms with Crippen molar-refractivity contribution in [2.75, 3.05) is 46.5 Å². The van der Waals surface area contributed by atoms with Crippen molar-refractivity contribution in [2.24, 2.45) is 0 Å². The maximum absolute atomic E-state index is 12.3. The molecule has 0 aromatic carbocycles. The molecule has 2 fully saturated rings. The third-order valence-electron chi connectivity index (χ3n) is 4.59. The number of aryl methyl sites for hydroxylation is 1. The van der Waals surface area contributed by atoms with Crippen LogP contribution in [0.15, 0.2) is 0 Å². The molecule has 0 aliphatic carbocycles. The number of ether oxygens (including phenoxy) is 2. The number of hydrogen-bond donors (Lipinski definition) is 1. The number of amides is 1. The molecule has 8 nitrogen and oxygen atoms in total. The average Bonchev–Trinajstić information content (AvgIpc) is 3.19. The second-order valence-corrected chi connectivity index (χ2v) is 6.13. The Balaban J connectivity index is 1.59. The Morgan fingerprint density at radius 3 is 2.87 bits per heavy atom. The van der Waals surface area contributed by atoms with Crippen LogP contribution in [0.25, 0.3) is 0 Å². The first-order chi connectivity index (χ1) is 11.2. The zero-order chi connectivity index (χ0) is 16.2. The van der Waals surface area contributed by atoms with Gasteiger partial charge >= 0.3 is 0 Å². The molecule has 0 bridgehead atoms. The first kappa shape index (κ1) is 16.4. The summed E-state index contributed by atoms with van der Waals surface area (Å²) in [5, 5.41) is 7.19. The minimum absolute atomic E-state index is 0.113. The summed E-state index contributed by atoms with van der Waals surface area (Å²) >= 11 is 0. The third-order valence-corrected chi connectivity index (χ3v) is 4.59. The molecule has 128 valence electrons. The number of H-pyrrole nitrogens is 1. The van der Waals surface area contributed by atoms with E-state index in [9.17, 15) is 4.79 Å². The van der Waals surface area contributed by atoms with E-state index in [-0.39, 0.29) is 18.1 Å². The Bertz CT molecular complexity index is 529. The predicted octanol–water partition coefficient (Wildman–Crippen LogP) is 0.124. The molecule has 1 amide bonds. The zero-order valence-electron chi connectivity index (χ0n) is 13.8. The zero-order valence-corrected chi connectivity index (χ0v) is 13.8. The summed E-state index contributed by atoms with van der Waals surface area (Å²) in [6.45, 7) is 6.08. The minimum Gasteiger partial charge on any atom is -0.380 e. The molecule has 2 aliphatic heterocycles. The van der Waals surface area contributed by atoms with Gasteiger partial charge in [-0.1, -0.05) is 0 Å². The molecule has 3 heterocycles. The number of nitrogens with one attached hydrogen (secondary N) is 1. The van der Waals surface area contributed by atoms with E-state index in [2.05, 4.69) is 20.1 Å². The van der Waals surface area contributed by atoms with Crippen molar-refractivity contribution < 1.29 is 14.3 Å². The van der Waals surface area contributed by atoms with Crippen molar-refractivity contribution >= 4 is 5.91 Å². The van der Waals surface area contributed by atoms with Crippen molar-refractivity contribution in [1.29, 1.82) is 0 Å². The Hall–Kier alpha value is -1.51. The van der Waals surface area contributed by atoms with Gasteiger partial charge in [0.15, 0.2) is 5.82 Å². The van der Waals surface area contributed by atoms with Gasteiger partial charge in [0.2, 0.25) is 5.91 Å². The summed E-state index contributed by atoms with van der Waals surface area (Å²) in [5.41, 5.74) is 0. The molecule has 0 radical (unpaired) electrons. The number of likely N-dealkylation sites (tertiary alicyclic amines) is 1. The van der Waals surface area contributed by atoms with Crippen LogP contribution in [0.3, 0.4) is 0 Å². The van der Waals surface area contributed by atoms with Gasteiger partial charge in [-0.2, -0.15) is 5.10 Å². The number of aromatic amines is 1. The van der Waals surface area contributed by atoms with E-state index >= 15 is 0 Å². The lowest BCUT2D eigenvalue weighted by molar-refractivity contribution is -0.135. The fourth-order valence-corrected chi connectivity index (χ4v) is 3.27. The SMILES string of the molecule is CO[C@@H]1C[C@@H](c2n[nH]c(C)n2)N(CCC(=O)N2CCOCC2)C1. The monoisotopic (exact) mass is 323 g/mol. The van der Waals surface area contributed by atoms with Crippen molar-refractivity contribution in [3.05, 3.63) is 11.6 Å². The molecule has 0 spiro atoms. The molecule has 3 rings (SSSR count). The number of hydrogen-bond acceptors (Lipinski definition) is 6. The summed E-state index contributed by atoms with van der Waals surface area (Å²) in [5.74, 6) is 1.80. The van der Waals surface area contributed by atoms with Crippen LogP contribution >= 0.6 is 0 Å². The number of aromatic nitrogens is 3. The van der Waals surface area contributed by atoms with Crippen LogP contribution in [0.4, 0.5) is 0 Å². The standard InChI is InChI=1S/C15H25N5O3/c1-11-16-15(18-17-11)13-9-12(22-2)10-20(13)4-3-14(21)19-5-7-23-8-6-19/h12-13H,3-10H2,1-2H3,(H,16,17,18)/t12-,13+/m1/s1. The number of rotatable bonds is 5. The first-order valence-electron chi connectivity index (χ1n) is 8.18. The summed E-state index contributed by atoms with van der Waals surface area (Å²) in [7, 11) is 1.73. The van der Waals surface area contributed by atoms with E-state index in [0.717, 1.165) is 24.6 Å². The number of methoxy groups -OCH3 is 1. The molecule has 2 atom stereocenters.